The fourth-order valence-electron chi connectivity index (χ4n) is 1.54. The highest BCUT2D eigenvalue weighted by atomic mass is 32.2. The maximum absolute atomic E-state index is 12.2. The minimum Gasteiger partial charge on any atom is -0.320 e. The Balaban J connectivity index is 2.68. The fourth-order valence-corrected chi connectivity index (χ4v) is 3.24. The van der Waals surface area contributed by atoms with Gasteiger partial charge in [-0.25, -0.2) is 12.7 Å². The molecule has 0 spiro atoms. The summed E-state index contributed by atoms with van der Waals surface area (Å²) in [6.45, 7) is 2.11. The summed E-state index contributed by atoms with van der Waals surface area (Å²) < 4.78 is 27.5. The Morgan fingerprint density at radius 3 is 2.89 bits per heavy atom. The second-order valence-electron chi connectivity index (χ2n) is 4.22. The highest BCUT2D eigenvalue weighted by Gasteiger charge is 2.21. The monoisotopic (exact) mass is 306 g/mol. The lowest BCUT2D eigenvalue weighted by molar-refractivity contribution is 0.488. The Labute approximate surface area is 119 Å². The standard InChI is InChI=1S/C11H22N4O2S2/c1-12-5-4-6-15-10-11(9-13-15)19(16,17)14(2)7-8-18-3/h9-10,12H,4-8H2,1-3H3. The highest BCUT2D eigenvalue weighted by Crippen LogP contribution is 2.13. The van der Waals surface area contributed by atoms with Crippen molar-refractivity contribution in [3.05, 3.63) is 12.4 Å². The van der Waals surface area contributed by atoms with Gasteiger partial charge in [-0.15, -0.1) is 0 Å². The first-order chi connectivity index (χ1) is 9.02. The lowest BCUT2D eigenvalue weighted by Gasteiger charge is -2.14. The van der Waals surface area contributed by atoms with Crippen LogP contribution < -0.4 is 5.32 Å². The van der Waals surface area contributed by atoms with E-state index in [1.807, 2.05) is 13.3 Å². The molecule has 0 aliphatic carbocycles. The van der Waals surface area contributed by atoms with E-state index < -0.39 is 10.0 Å². The molecule has 0 aromatic carbocycles. The predicted molar refractivity (Wildman–Crippen MR) is 79.0 cm³/mol. The van der Waals surface area contributed by atoms with Crippen molar-refractivity contribution in [3.8, 4) is 0 Å². The van der Waals surface area contributed by atoms with Gasteiger partial charge < -0.3 is 5.32 Å². The molecule has 0 saturated heterocycles. The van der Waals surface area contributed by atoms with Gasteiger partial charge in [0.25, 0.3) is 0 Å². The van der Waals surface area contributed by atoms with Crippen LogP contribution in [-0.2, 0) is 16.6 Å². The third-order valence-electron chi connectivity index (χ3n) is 2.74. The Morgan fingerprint density at radius 1 is 1.53 bits per heavy atom. The molecule has 1 heterocycles. The maximum atomic E-state index is 12.2. The van der Waals surface area contributed by atoms with Gasteiger partial charge in [-0.3, -0.25) is 4.68 Å². The highest BCUT2D eigenvalue weighted by molar-refractivity contribution is 7.98. The van der Waals surface area contributed by atoms with Crippen molar-refractivity contribution in [3.63, 3.8) is 0 Å². The normalized spacial score (nSPS) is 12.2. The van der Waals surface area contributed by atoms with Crippen LogP contribution in [0.2, 0.25) is 0 Å². The molecule has 8 heteroatoms. The molecule has 0 bridgehead atoms. The van der Waals surface area contributed by atoms with Gasteiger partial charge in [-0.05, 0) is 26.3 Å². The van der Waals surface area contributed by atoms with Crippen molar-refractivity contribution >= 4 is 21.8 Å². The molecule has 1 aromatic heterocycles. The van der Waals surface area contributed by atoms with E-state index in [2.05, 4.69) is 10.4 Å². The van der Waals surface area contributed by atoms with E-state index in [1.165, 1.54) is 10.5 Å². The second-order valence-corrected chi connectivity index (χ2v) is 7.25. The number of sulfonamides is 1. The molecule has 0 saturated carbocycles. The van der Waals surface area contributed by atoms with Gasteiger partial charge in [0.15, 0.2) is 0 Å². The first-order valence-corrected chi connectivity index (χ1v) is 8.98. The first kappa shape index (κ1) is 16.5. The molecule has 0 radical (unpaired) electrons. The van der Waals surface area contributed by atoms with Crippen molar-refractivity contribution in [2.45, 2.75) is 17.9 Å². The van der Waals surface area contributed by atoms with E-state index >= 15 is 0 Å². The Hall–Kier alpha value is -0.570. The Bertz CT molecular complexity index is 473. The number of rotatable bonds is 9. The van der Waals surface area contributed by atoms with Gasteiger partial charge in [0.05, 0.1) is 6.20 Å². The average molecular weight is 306 g/mol. The number of hydrogen-bond acceptors (Lipinski definition) is 5. The Kier molecular flexibility index (Phi) is 6.84. The number of thioether (sulfide) groups is 1. The van der Waals surface area contributed by atoms with Gasteiger partial charge in [-0.1, -0.05) is 0 Å². The largest absolute Gasteiger partial charge is 0.320 e. The molecule has 19 heavy (non-hydrogen) atoms. The van der Waals surface area contributed by atoms with Crippen LogP contribution in [0, 0.1) is 0 Å². The van der Waals surface area contributed by atoms with Crippen LogP contribution >= 0.6 is 11.8 Å². The SMILES string of the molecule is CNCCCn1cc(S(=O)(=O)N(C)CCSC)cn1. The third-order valence-corrected chi connectivity index (χ3v) is 5.14. The summed E-state index contributed by atoms with van der Waals surface area (Å²) in [7, 11) is 0.0897. The molecule has 110 valence electrons. The number of nitrogens with zero attached hydrogens (tertiary/aromatic N) is 3. The van der Waals surface area contributed by atoms with Gasteiger partial charge in [0.2, 0.25) is 10.0 Å². The predicted octanol–water partition coefficient (Wildman–Crippen LogP) is 0.476. The summed E-state index contributed by atoms with van der Waals surface area (Å²) in [5.41, 5.74) is 0. The molecular formula is C11H22N4O2S2. The smallest absolute Gasteiger partial charge is 0.245 e. The van der Waals surface area contributed by atoms with E-state index in [0.29, 0.717) is 13.1 Å². The fraction of sp³-hybridized carbons (Fsp3) is 0.727. The van der Waals surface area contributed by atoms with E-state index in [0.717, 1.165) is 18.7 Å². The Morgan fingerprint density at radius 2 is 2.26 bits per heavy atom. The molecule has 0 aliphatic rings. The van der Waals surface area contributed by atoms with Crippen molar-refractivity contribution in [2.24, 2.45) is 0 Å². The lowest BCUT2D eigenvalue weighted by atomic mass is 10.4. The molecular weight excluding hydrogens is 284 g/mol. The van der Waals surface area contributed by atoms with E-state index in [1.54, 1.807) is 29.7 Å². The van der Waals surface area contributed by atoms with Crippen molar-refractivity contribution in [1.82, 2.24) is 19.4 Å². The average Bonchev–Trinajstić information content (AvgIpc) is 2.85. The minimum absolute atomic E-state index is 0.264. The van der Waals surface area contributed by atoms with Gasteiger partial charge in [0, 0.05) is 32.1 Å². The summed E-state index contributed by atoms with van der Waals surface area (Å²) >= 11 is 1.63. The van der Waals surface area contributed by atoms with E-state index in [9.17, 15) is 8.42 Å². The van der Waals surface area contributed by atoms with Crippen LogP contribution in [0.15, 0.2) is 17.3 Å². The first-order valence-electron chi connectivity index (χ1n) is 6.14. The van der Waals surface area contributed by atoms with Crippen LogP contribution in [0.5, 0.6) is 0 Å². The summed E-state index contributed by atoms with van der Waals surface area (Å²) in [6.07, 6.45) is 5.89. The van der Waals surface area contributed by atoms with E-state index in [4.69, 9.17) is 0 Å². The molecule has 0 unspecified atom stereocenters. The van der Waals surface area contributed by atoms with Gasteiger partial charge in [0.1, 0.15) is 4.90 Å². The molecule has 0 amide bonds. The van der Waals surface area contributed by atoms with Gasteiger partial charge in [-0.2, -0.15) is 16.9 Å². The lowest BCUT2D eigenvalue weighted by Crippen LogP contribution is -2.28. The zero-order valence-electron chi connectivity index (χ0n) is 11.7. The number of hydrogen-bond donors (Lipinski definition) is 1. The number of nitrogens with one attached hydrogen (secondary N) is 1. The van der Waals surface area contributed by atoms with Crippen LogP contribution in [0.4, 0.5) is 0 Å². The summed E-state index contributed by atoms with van der Waals surface area (Å²) in [4.78, 5) is 0.264. The minimum atomic E-state index is -3.40. The zero-order chi connectivity index (χ0) is 14.3. The summed E-state index contributed by atoms with van der Waals surface area (Å²) in [5, 5.41) is 7.14. The number of aromatic nitrogens is 2. The van der Waals surface area contributed by atoms with Crippen molar-refractivity contribution < 1.29 is 8.42 Å². The summed E-state index contributed by atoms with van der Waals surface area (Å²) in [6, 6.07) is 0. The molecule has 0 aliphatic heterocycles. The summed E-state index contributed by atoms with van der Waals surface area (Å²) in [5.74, 6) is 0.784. The number of aryl methyl sites for hydroxylation is 1. The van der Waals surface area contributed by atoms with Crippen LogP contribution in [0.3, 0.4) is 0 Å². The third kappa shape index (κ3) is 4.79. The molecule has 0 fully saturated rings. The molecule has 1 aromatic rings. The molecule has 0 atom stereocenters. The van der Waals surface area contributed by atoms with Crippen LogP contribution in [0.25, 0.3) is 0 Å². The maximum Gasteiger partial charge on any atom is 0.245 e. The molecule has 6 nitrogen and oxygen atoms in total. The quantitative estimate of drug-likeness (QED) is 0.672. The van der Waals surface area contributed by atoms with Crippen LogP contribution in [0.1, 0.15) is 6.42 Å². The van der Waals surface area contributed by atoms with Crippen molar-refractivity contribution in [1.29, 1.82) is 0 Å². The second kappa shape index (κ2) is 7.88. The topological polar surface area (TPSA) is 67.2 Å². The molecule has 1 N–H and O–H groups in total. The van der Waals surface area contributed by atoms with Crippen molar-refractivity contribution in [2.75, 3.05) is 39.2 Å². The zero-order valence-corrected chi connectivity index (χ0v) is 13.3. The van der Waals surface area contributed by atoms with E-state index in [-0.39, 0.29) is 4.90 Å². The molecule has 1 rings (SSSR count). The van der Waals surface area contributed by atoms with Crippen LogP contribution in [-0.4, -0.2) is 61.7 Å². The van der Waals surface area contributed by atoms with Gasteiger partial charge >= 0.3 is 0 Å².